The van der Waals surface area contributed by atoms with Gasteiger partial charge in [0.25, 0.3) is 10.0 Å². The molecule has 1 aliphatic rings. The van der Waals surface area contributed by atoms with Crippen LogP contribution in [0.15, 0.2) is 76.7 Å². The molecule has 9 nitrogen and oxygen atoms in total. The Morgan fingerprint density at radius 1 is 1.00 bits per heavy atom. The number of alkyl carbamates (subject to hydrolysis) is 1. The van der Waals surface area contributed by atoms with Crippen molar-refractivity contribution < 1.29 is 26.4 Å². The fraction of sp³-hybridized carbons (Fsp3) is 0.286. The molecule has 5 rings (SSSR count). The van der Waals surface area contributed by atoms with Crippen molar-refractivity contribution in [2.45, 2.75) is 55.0 Å². The highest BCUT2D eigenvalue weighted by Crippen LogP contribution is 2.40. The fourth-order valence-corrected chi connectivity index (χ4v) is 6.96. The third kappa shape index (κ3) is 5.16. The van der Waals surface area contributed by atoms with Gasteiger partial charge in [-0.2, -0.15) is 0 Å². The summed E-state index contributed by atoms with van der Waals surface area (Å²) in [5.41, 5.74) is 2.30. The summed E-state index contributed by atoms with van der Waals surface area (Å²) in [4.78, 5) is 16.9. The summed E-state index contributed by atoms with van der Waals surface area (Å²) < 4.78 is 58.5. The first kappa shape index (κ1) is 26.9. The van der Waals surface area contributed by atoms with E-state index in [-0.39, 0.29) is 15.8 Å². The van der Waals surface area contributed by atoms with E-state index in [2.05, 4.69) is 10.3 Å². The maximum atomic E-state index is 13.9. The largest absolute Gasteiger partial charge is 0.444 e. The number of rotatable bonds is 5. The number of hydrogen-bond donors (Lipinski definition) is 1. The zero-order valence-electron chi connectivity index (χ0n) is 22.0. The Hall–Kier alpha value is -3.70. The average molecular weight is 568 g/mol. The van der Waals surface area contributed by atoms with Crippen molar-refractivity contribution in [3.05, 3.63) is 78.0 Å². The van der Waals surface area contributed by atoms with Gasteiger partial charge in [0.05, 0.1) is 32.7 Å². The molecule has 1 atom stereocenters. The second-order valence-electron chi connectivity index (χ2n) is 10.6. The van der Waals surface area contributed by atoms with E-state index in [0.717, 1.165) is 22.8 Å². The number of ether oxygens (including phenoxy) is 1. The molecule has 2 aromatic carbocycles. The molecule has 2 aromatic heterocycles. The number of sulfone groups is 1. The van der Waals surface area contributed by atoms with Gasteiger partial charge >= 0.3 is 6.09 Å². The Morgan fingerprint density at radius 2 is 1.72 bits per heavy atom. The van der Waals surface area contributed by atoms with Gasteiger partial charge in [-0.1, -0.05) is 24.3 Å². The first-order chi connectivity index (χ1) is 18.3. The van der Waals surface area contributed by atoms with Gasteiger partial charge in [-0.05, 0) is 81.1 Å². The van der Waals surface area contributed by atoms with Crippen molar-refractivity contribution in [2.24, 2.45) is 0 Å². The fourth-order valence-electron chi connectivity index (χ4n) is 4.87. The summed E-state index contributed by atoms with van der Waals surface area (Å²) in [6, 6.07) is 16.1. The number of aromatic nitrogens is 2. The van der Waals surface area contributed by atoms with Crippen LogP contribution in [-0.2, 0) is 31.0 Å². The first-order valence-electron chi connectivity index (χ1n) is 12.4. The molecule has 1 N–H and O–H groups in total. The Morgan fingerprint density at radius 3 is 2.33 bits per heavy atom. The van der Waals surface area contributed by atoms with Crippen LogP contribution in [0.5, 0.6) is 0 Å². The van der Waals surface area contributed by atoms with Crippen molar-refractivity contribution in [3.8, 4) is 11.4 Å². The van der Waals surface area contributed by atoms with Crippen LogP contribution in [0, 0.1) is 0 Å². The maximum Gasteiger partial charge on any atom is 0.408 e. The Kier molecular flexibility index (Phi) is 6.54. The van der Waals surface area contributed by atoms with Crippen LogP contribution in [0.1, 0.15) is 44.4 Å². The van der Waals surface area contributed by atoms with Gasteiger partial charge in [-0.15, -0.1) is 0 Å². The van der Waals surface area contributed by atoms with Gasteiger partial charge in [-0.3, -0.25) is 4.98 Å². The van der Waals surface area contributed by atoms with E-state index in [4.69, 9.17) is 4.74 Å². The van der Waals surface area contributed by atoms with Crippen LogP contribution in [0.25, 0.3) is 22.3 Å². The number of benzene rings is 2. The molecule has 0 saturated carbocycles. The molecular formula is C28H29N3O6S2. The summed E-state index contributed by atoms with van der Waals surface area (Å²) in [6.45, 7) is 5.39. The van der Waals surface area contributed by atoms with Gasteiger partial charge in [0, 0.05) is 17.8 Å². The Bertz CT molecular complexity index is 1790. The van der Waals surface area contributed by atoms with Gasteiger partial charge < -0.3 is 10.1 Å². The molecule has 0 unspecified atom stereocenters. The number of fused-ring (bicyclic) bond motifs is 3. The zero-order valence-corrected chi connectivity index (χ0v) is 23.6. The second kappa shape index (κ2) is 9.49. The van der Waals surface area contributed by atoms with Gasteiger partial charge in [0.1, 0.15) is 5.60 Å². The van der Waals surface area contributed by atoms with Crippen molar-refractivity contribution in [3.63, 3.8) is 0 Å². The molecule has 0 radical (unpaired) electrons. The van der Waals surface area contributed by atoms with E-state index in [1.54, 1.807) is 51.1 Å². The number of aryl methyl sites for hydroxylation is 1. The number of carbonyl (C=O) groups excluding carboxylic acids is 1. The van der Waals surface area contributed by atoms with E-state index in [9.17, 15) is 21.6 Å². The standard InChI is InChI=1S/C28H29N3O6S2/c1-28(2,3)37-27(32)30-23-14-11-20-21(23)12-15-25-22(20)16-26(24-13-10-19(17-29-24)38(4,33)34)31(25)39(35,36)18-8-6-5-7-9-18/h5-10,12-13,15-17,23H,11,14H2,1-4H3,(H,30,32)/t23-/m1/s1. The topological polar surface area (TPSA) is 124 Å². The minimum atomic E-state index is -4.04. The van der Waals surface area contributed by atoms with E-state index in [0.29, 0.717) is 29.7 Å². The van der Waals surface area contributed by atoms with Crippen LogP contribution in [0.3, 0.4) is 0 Å². The maximum absolute atomic E-state index is 13.9. The molecule has 0 saturated heterocycles. The zero-order chi connectivity index (χ0) is 28.2. The molecule has 2 heterocycles. The first-order valence-corrected chi connectivity index (χ1v) is 15.7. The summed E-state index contributed by atoms with van der Waals surface area (Å²) in [7, 11) is -7.52. The molecule has 1 amide bonds. The molecule has 11 heteroatoms. The molecule has 39 heavy (non-hydrogen) atoms. The van der Waals surface area contributed by atoms with Crippen LogP contribution in [0.2, 0.25) is 0 Å². The van der Waals surface area contributed by atoms with E-state index in [1.165, 1.54) is 34.4 Å². The number of pyridine rings is 1. The normalized spacial score (nSPS) is 15.7. The third-order valence-electron chi connectivity index (χ3n) is 6.55. The van der Waals surface area contributed by atoms with Crippen LogP contribution in [0.4, 0.5) is 4.79 Å². The highest BCUT2D eigenvalue weighted by atomic mass is 32.2. The van der Waals surface area contributed by atoms with Gasteiger partial charge in [0.2, 0.25) is 0 Å². The molecule has 4 aromatic rings. The summed E-state index contributed by atoms with van der Waals surface area (Å²) in [5.74, 6) is 0. The highest BCUT2D eigenvalue weighted by molar-refractivity contribution is 7.90. The van der Waals surface area contributed by atoms with Crippen LogP contribution in [-0.4, -0.2) is 43.7 Å². The molecule has 1 aliphatic carbocycles. The van der Waals surface area contributed by atoms with Crippen LogP contribution < -0.4 is 5.32 Å². The summed E-state index contributed by atoms with van der Waals surface area (Å²) in [6.07, 6.45) is 3.07. The van der Waals surface area contributed by atoms with Gasteiger partial charge in [0.15, 0.2) is 9.84 Å². The lowest BCUT2D eigenvalue weighted by Crippen LogP contribution is -2.34. The quantitative estimate of drug-likeness (QED) is 0.365. The van der Waals surface area contributed by atoms with E-state index < -0.39 is 31.6 Å². The summed E-state index contributed by atoms with van der Waals surface area (Å²) >= 11 is 0. The highest BCUT2D eigenvalue weighted by Gasteiger charge is 2.31. The Balaban J connectivity index is 1.67. The lowest BCUT2D eigenvalue weighted by atomic mass is 10.0. The second-order valence-corrected chi connectivity index (χ2v) is 14.4. The Labute approximate surface area is 227 Å². The molecular weight excluding hydrogens is 538 g/mol. The lowest BCUT2D eigenvalue weighted by Gasteiger charge is -2.22. The third-order valence-corrected chi connectivity index (χ3v) is 9.39. The van der Waals surface area contributed by atoms with E-state index >= 15 is 0 Å². The minimum Gasteiger partial charge on any atom is -0.444 e. The number of nitrogens with zero attached hydrogens (tertiary/aromatic N) is 2. The number of amides is 1. The smallest absolute Gasteiger partial charge is 0.408 e. The molecule has 0 spiro atoms. The predicted molar refractivity (Wildman–Crippen MR) is 148 cm³/mol. The number of nitrogens with one attached hydrogen (secondary N) is 1. The lowest BCUT2D eigenvalue weighted by molar-refractivity contribution is 0.0503. The van der Waals surface area contributed by atoms with Crippen molar-refractivity contribution in [1.82, 2.24) is 14.3 Å². The predicted octanol–water partition coefficient (Wildman–Crippen LogP) is 4.86. The summed E-state index contributed by atoms with van der Waals surface area (Å²) in [5, 5.41) is 3.66. The van der Waals surface area contributed by atoms with Crippen molar-refractivity contribution >= 4 is 36.9 Å². The number of carbonyl (C=O) groups is 1. The molecule has 204 valence electrons. The number of hydrogen-bond acceptors (Lipinski definition) is 7. The molecule has 0 bridgehead atoms. The van der Waals surface area contributed by atoms with Crippen molar-refractivity contribution in [1.29, 1.82) is 0 Å². The van der Waals surface area contributed by atoms with Crippen molar-refractivity contribution in [2.75, 3.05) is 6.26 Å². The monoisotopic (exact) mass is 567 g/mol. The van der Waals surface area contributed by atoms with Crippen LogP contribution >= 0.6 is 0 Å². The average Bonchev–Trinajstić information content (AvgIpc) is 3.45. The van der Waals surface area contributed by atoms with Gasteiger partial charge in [-0.25, -0.2) is 25.6 Å². The SMILES string of the molecule is CC(C)(C)OC(=O)N[C@@H]1CCc2c1ccc1c2cc(-c2ccc(S(C)(=O)=O)cn2)n1S(=O)(=O)c1ccccc1. The molecule has 0 fully saturated rings. The van der Waals surface area contributed by atoms with E-state index in [1.807, 2.05) is 6.07 Å². The minimum absolute atomic E-state index is 0.0387. The molecule has 0 aliphatic heterocycles.